The molecule has 1 aliphatic heterocycles. The predicted molar refractivity (Wildman–Crippen MR) is 107 cm³/mol. The van der Waals surface area contributed by atoms with Crippen LogP contribution in [0, 0.1) is 0 Å². The summed E-state index contributed by atoms with van der Waals surface area (Å²) in [6, 6.07) is 15.2. The topological polar surface area (TPSA) is 62.7 Å². The molecule has 2 aromatic carbocycles. The van der Waals surface area contributed by atoms with Gasteiger partial charge in [0.05, 0.1) is 5.70 Å². The molecule has 0 saturated heterocycles. The minimum Gasteiger partial charge on any atom is -0.508 e. The molecule has 3 aromatic rings. The van der Waals surface area contributed by atoms with E-state index in [9.17, 15) is 9.90 Å². The molecule has 0 atom stereocenters. The maximum absolute atomic E-state index is 13.2. The Bertz CT molecular complexity index is 1050. The second-order valence-electron chi connectivity index (χ2n) is 6.36. The molecule has 0 spiro atoms. The molecule has 0 unspecified atom stereocenters. The molecular weight excluding hydrogens is 376 g/mol. The number of rotatable bonds is 3. The van der Waals surface area contributed by atoms with Crippen LogP contribution in [-0.2, 0) is 6.42 Å². The molecule has 1 N–H and O–H groups in total. The van der Waals surface area contributed by atoms with Crippen LogP contribution < -0.4 is 4.74 Å². The van der Waals surface area contributed by atoms with Gasteiger partial charge in [0.1, 0.15) is 17.8 Å². The van der Waals surface area contributed by atoms with Gasteiger partial charge in [-0.15, -0.1) is 0 Å². The molecule has 1 aliphatic rings. The number of hydrogen-bond donors (Lipinski definition) is 1. The molecule has 0 bridgehead atoms. The Morgan fingerprint density at radius 3 is 2.79 bits per heavy atom. The van der Waals surface area contributed by atoms with E-state index in [-0.39, 0.29) is 11.7 Å². The largest absolute Gasteiger partial charge is 0.508 e. The van der Waals surface area contributed by atoms with E-state index in [2.05, 4.69) is 4.98 Å². The minimum atomic E-state index is -0.148. The van der Waals surface area contributed by atoms with E-state index >= 15 is 0 Å². The number of ether oxygens (including phenoxy) is 1. The Morgan fingerprint density at radius 2 is 2.00 bits per heavy atom. The van der Waals surface area contributed by atoms with Gasteiger partial charge >= 0.3 is 0 Å². The lowest BCUT2D eigenvalue weighted by molar-refractivity contribution is 0.0831. The lowest BCUT2D eigenvalue weighted by Gasteiger charge is -2.31. The number of benzene rings is 2. The number of nitrogens with zero attached hydrogens (tertiary/aromatic N) is 2. The van der Waals surface area contributed by atoms with Crippen LogP contribution in [0.1, 0.15) is 21.5 Å². The van der Waals surface area contributed by atoms with Crippen molar-refractivity contribution in [2.75, 3.05) is 6.54 Å². The molecule has 5 nitrogen and oxygen atoms in total. The molecule has 1 amide bonds. The van der Waals surface area contributed by atoms with Crippen molar-refractivity contribution < 1.29 is 14.6 Å². The number of aromatic hydroxyl groups is 1. The van der Waals surface area contributed by atoms with Crippen molar-refractivity contribution >= 4 is 23.2 Å². The van der Waals surface area contributed by atoms with Crippen LogP contribution in [0.5, 0.6) is 11.5 Å². The summed E-state index contributed by atoms with van der Waals surface area (Å²) in [5, 5.41) is 9.94. The Labute approximate surface area is 167 Å². The molecule has 6 heteroatoms. The molecule has 1 aromatic heterocycles. The first kappa shape index (κ1) is 18.1. The lowest BCUT2D eigenvalue weighted by Crippen LogP contribution is -2.35. The fourth-order valence-electron chi connectivity index (χ4n) is 3.14. The normalized spacial score (nSPS) is 14.6. The first-order valence-corrected chi connectivity index (χ1v) is 9.16. The highest BCUT2D eigenvalue weighted by molar-refractivity contribution is 6.31. The number of phenolic OH excluding ortho intramolecular Hbond substituents is 1. The Kier molecular flexibility index (Phi) is 5.00. The molecule has 0 aliphatic carbocycles. The van der Waals surface area contributed by atoms with E-state index in [1.165, 1.54) is 0 Å². The average molecular weight is 393 g/mol. The van der Waals surface area contributed by atoms with Crippen molar-refractivity contribution in [2.24, 2.45) is 0 Å². The van der Waals surface area contributed by atoms with E-state index in [1.807, 2.05) is 12.3 Å². The van der Waals surface area contributed by atoms with Crippen LogP contribution in [0.4, 0.5) is 0 Å². The molecular formula is C22H17ClN2O3. The summed E-state index contributed by atoms with van der Waals surface area (Å²) in [5.41, 5.74) is 3.12. The molecule has 0 radical (unpaired) electrons. The third kappa shape index (κ3) is 3.70. The number of carbonyl (C=O) groups is 1. The van der Waals surface area contributed by atoms with Gasteiger partial charge in [0.25, 0.3) is 5.91 Å². The zero-order chi connectivity index (χ0) is 19.5. The maximum atomic E-state index is 13.2. The minimum absolute atomic E-state index is 0.148. The van der Waals surface area contributed by atoms with Crippen LogP contribution in [0.2, 0.25) is 5.02 Å². The van der Waals surface area contributed by atoms with Gasteiger partial charge in [0.15, 0.2) is 0 Å². The number of halogens is 1. The van der Waals surface area contributed by atoms with Crippen LogP contribution in [-0.4, -0.2) is 27.4 Å². The predicted octanol–water partition coefficient (Wildman–Crippen LogP) is 4.52. The van der Waals surface area contributed by atoms with Crippen LogP contribution in [0.15, 0.2) is 73.3 Å². The van der Waals surface area contributed by atoms with Gasteiger partial charge in [-0.25, -0.2) is 0 Å². The van der Waals surface area contributed by atoms with Gasteiger partial charge in [-0.1, -0.05) is 17.7 Å². The van der Waals surface area contributed by atoms with Crippen LogP contribution in [0.25, 0.3) is 5.70 Å². The number of aromatic nitrogens is 1. The highest BCUT2D eigenvalue weighted by atomic mass is 35.5. The van der Waals surface area contributed by atoms with Crippen molar-refractivity contribution in [3.05, 3.63) is 95.0 Å². The summed E-state index contributed by atoms with van der Waals surface area (Å²) >= 11 is 6.06. The number of amides is 1. The van der Waals surface area contributed by atoms with Crippen molar-refractivity contribution in [1.29, 1.82) is 0 Å². The Hall–Kier alpha value is -3.31. The van der Waals surface area contributed by atoms with Crippen LogP contribution in [0.3, 0.4) is 0 Å². The average Bonchev–Trinajstić information content (AvgIpc) is 2.72. The van der Waals surface area contributed by atoms with Crippen molar-refractivity contribution in [1.82, 2.24) is 9.88 Å². The Morgan fingerprint density at radius 1 is 1.18 bits per heavy atom. The van der Waals surface area contributed by atoms with Crippen LogP contribution >= 0.6 is 11.6 Å². The number of carbonyl (C=O) groups excluding carboxylic acids is 1. The first-order valence-electron chi connectivity index (χ1n) is 8.78. The van der Waals surface area contributed by atoms with E-state index in [1.54, 1.807) is 65.9 Å². The molecule has 140 valence electrons. The van der Waals surface area contributed by atoms with Gasteiger partial charge < -0.3 is 14.7 Å². The molecule has 0 fully saturated rings. The van der Waals surface area contributed by atoms with Crippen molar-refractivity contribution in [3.8, 4) is 11.5 Å². The van der Waals surface area contributed by atoms with Gasteiger partial charge in [-0.3, -0.25) is 9.78 Å². The maximum Gasteiger partial charge on any atom is 0.258 e. The molecule has 2 heterocycles. The number of phenols is 1. The summed E-state index contributed by atoms with van der Waals surface area (Å²) < 4.78 is 5.78. The van der Waals surface area contributed by atoms with Gasteiger partial charge in [0.2, 0.25) is 0 Å². The third-order valence-corrected chi connectivity index (χ3v) is 4.77. The fourth-order valence-corrected chi connectivity index (χ4v) is 3.33. The summed E-state index contributed by atoms with van der Waals surface area (Å²) in [7, 11) is 0. The van der Waals surface area contributed by atoms with Crippen molar-refractivity contribution in [3.63, 3.8) is 0 Å². The first-order chi connectivity index (χ1) is 13.6. The SMILES string of the molecule is O=C(c1cccc(Cl)c1)N1CCc2cnccc2C1=COc1ccc(O)cc1. The second-order valence-corrected chi connectivity index (χ2v) is 6.80. The Balaban J connectivity index is 1.71. The van der Waals surface area contributed by atoms with E-state index in [0.29, 0.717) is 35.0 Å². The van der Waals surface area contributed by atoms with Gasteiger partial charge in [0, 0.05) is 35.1 Å². The number of pyridine rings is 1. The van der Waals surface area contributed by atoms with Gasteiger partial charge in [-0.2, -0.15) is 0 Å². The van der Waals surface area contributed by atoms with Crippen molar-refractivity contribution in [2.45, 2.75) is 6.42 Å². The summed E-state index contributed by atoms with van der Waals surface area (Å²) in [5.74, 6) is 0.569. The molecule has 28 heavy (non-hydrogen) atoms. The third-order valence-electron chi connectivity index (χ3n) is 4.54. The second kappa shape index (κ2) is 7.74. The highest BCUT2D eigenvalue weighted by Crippen LogP contribution is 2.30. The quantitative estimate of drug-likeness (QED) is 0.666. The zero-order valence-corrected chi connectivity index (χ0v) is 15.6. The van der Waals surface area contributed by atoms with E-state index in [4.69, 9.17) is 16.3 Å². The standard InChI is InChI=1S/C22H17ClN2O3/c23-17-3-1-2-15(12-17)22(27)25-11-9-16-13-24-10-8-20(16)21(25)14-28-19-6-4-18(26)5-7-19/h1-8,10,12-14,26H,9,11H2. The zero-order valence-electron chi connectivity index (χ0n) is 14.9. The monoisotopic (exact) mass is 392 g/mol. The molecule has 4 rings (SSSR count). The lowest BCUT2D eigenvalue weighted by atomic mass is 9.98. The van der Waals surface area contributed by atoms with Gasteiger partial charge in [-0.05, 0) is 60.5 Å². The highest BCUT2D eigenvalue weighted by Gasteiger charge is 2.27. The smallest absolute Gasteiger partial charge is 0.258 e. The number of fused-ring (bicyclic) bond motifs is 1. The summed E-state index contributed by atoms with van der Waals surface area (Å²) in [6.45, 7) is 0.509. The summed E-state index contributed by atoms with van der Waals surface area (Å²) in [4.78, 5) is 19.0. The molecule has 0 saturated carbocycles. The number of hydrogen-bond acceptors (Lipinski definition) is 4. The van der Waals surface area contributed by atoms with E-state index in [0.717, 1.165) is 11.1 Å². The fraction of sp³-hybridized carbons (Fsp3) is 0.0909. The van der Waals surface area contributed by atoms with E-state index < -0.39 is 0 Å². The summed E-state index contributed by atoms with van der Waals surface area (Å²) in [6.07, 6.45) is 5.77.